The van der Waals surface area contributed by atoms with Crippen LogP contribution in [-0.4, -0.2) is 9.97 Å². The van der Waals surface area contributed by atoms with Crippen molar-refractivity contribution >= 4 is 11.6 Å². The summed E-state index contributed by atoms with van der Waals surface area (Å²) in [4.78, 5) is 8.28. The summed E-state index contributed by atoms with van der Waals surface area (Å²) in [5.74, 6) is 1.31. The van der Waals surface area contributed by atoms with Gasteiger partial charge < -0.3 is 11.1 Å². The molecule has 3 N–H and O–H groups in total. The lowest BCUT2D eigenvalue weighted by Crippen LogP contribution is -2.08. The average Bonchev–Trinajstić information content (AvgIpc) is 2.48. The van der Waals surface area contributed by atoms with Gasteiger partial charge in [-0.25, -0.2) is 9.97 Å². The van der Waals surface area contributed by atoms with Crippen molar-refractivity contribution in [1.82, 2.24) is 9.97 Å². The van der Waals surface area contributed by atoms with Crippen molar-refractivity contribution in [2.75, 3.05) is 11.1 Å². The van der Waals surface area contributed by atoms with Crippen molar-refractivity contribution in [2.24, 2.45) is 0 Å². The van der Waals surface area contributed by atoms with Gasteiger partial charge in [-0.15, -0.1) is 0 Å². The summed E-state index contributed by atoms with van der Waals surface area (Å²) in [5.41, 5.74) is 8.59. The number of anilines is 2. The normalized spacial score (nSPS) is 10.0. The molecule has 1 aromatic carbocycles. The second kappa shape index (κ2) is 6.53. The van der Waals surface area contributed by atoms with Crippen LogP contribution in [0, 0.1) is 11.3 Å². The van der Waals surface area contributed by atoms with E-state index in [-0.39, 0.29) is 0 Å². The second-order valence-electron chi connectivity index (χ2n) is 4.50. The SMILES string of the molecule is CCCc1c(N)ncnc1NCc1ccc(C#N)cc1. The molecule has 0 bridgehead atoms. The van der Waals surface area contributed by atoms with Crippen LogP contribution < -0.4 is 11.1 Å². The molecule has 0 saturated carbocycles. The van der Waals surface area contributed by atoms with E-state index < -0.39 is 0 Å². The van der Waals surface area contributed by atoms with Crippen LogP contribution in [-0.2, 0) is 13.0 Å². The van der Waals surface area contributed by atoms with Gasteiger partial charge >= 0.3 is 0 Å². The summed E-state index contributed by atoms with van der Waals surface area (Å²) in [6, 6.07) is 9.56. The maximum Gasteiger partial charge on any atom is 0.134 e. The van der Waals surface area contributed by atoms with Crippen LogP contribution in [0.25, 0.3) is 0 Å². The van der Waals surface area contributed by atoms with Gasteiger partial charge in [0.2, 0.25) is 0 Å². The van der Waals surface area contributed by atoms with E-state index in [9.17, 15) is 0 Å². The van der Waals surface area contributed by atoms with Crippen LogP contribution in [0.4, 0.5) is 11.6 Å². The van der Waals surface area contributed by atoms with Gasteiger partial charge in [0.05, 0.1) is 11.6 Å². The molecule has 0 saturated heterocycles. The zero-order valence-corrected chi connectivity index (χ0v) is 11.4. The van der Waals surface area contributed by atoms with E-state index in [0.717, 1.165) is 29.8 Å². The summed E-state index contributed by atoms with van der Waals surface area (Å²) in [5, 5.41) is 12.0. The van der Waals surface area contributed by atoms with E-state index in [1.165, 1.54) is 6.33 Å². The Bertz CT molecular complexity index is 613. The monoisotopic (exact) mass is 267 g/mol. The van der Waals surface area contributed by atoms with Gasteiger partial charge in [0.1, 0.15) is 18.0 Å². The third-order valence-electron chi connectivity index (χ3n) is 3.02. The van der Waals surface area contributed by atoms with Crippen molar-refractivity contribution in [3.63, 3.8) is 0 Å². The highest BCUT2D eigenvalue weighted by Gasteiger charge is 2.07. The molecule has 1 aromatic heterocycles. The highest BCUT2D eigenvalue weighted by Crippen LogP contribution is 2.19. The highest BCUT2D eigenvalue weighted by molar-refractivity contribution is 5.55. The molecule has 0 aliphatic heterocycles. The summed E-state index contributed by atoms with van der Waals surface area (Å²) in [6.45, 7) is 2.73. The minimum Gasteiger partial charge on any atom is -0.383 e. The van der Waals surface area contributed by atoms with E-state index in [4.69, 9.17) is 11.0 Å². The number of rotatable bonds is 5. The lowest BCUT2D eigenvalue weighted by Gasteiger charge is -2.11. The molecule has 0 spiro atoms. The van der Waals surface area contributed by atoms with E-state index in [2.05, 4.69) is 28.3 Å². The summed E-state index contributed by atoms with van der Waals surface area (Å²) >= 11 is 0. The fourth-order valence-corrected chi connectivity index (χ4v) is 1.96. The molecule has 0 aliphatic carbocycles. The van der Waals surface area contributed by atoms with Gasteiger partial charge in [-0.2, -0.15) is 5.26 Å². The number of benzene rings is 1. The van der Waals surface area contributed by atoms with Crippen molar-refractivity contribution in [2.45, 2.75) is 26.3 Å². The quantitative estimate of drug-likeness (QED) is 0.869. The van der Waals surface area contributed by atoms with Gasteiger partial charge in [-0.3, -0.25) is 0 Å². The Morgan fingerprint density at radius 1 is 1.25 bits per heavy atom. The fourth-order valence-electron chi connectivity index (χ4n) is 1.96. The zero-order valence-electron chi connectivity index (χ0n) is 11.4. The summed E-state index contributed by atoms with van der Waals surface area (Å²) < 4.78 is 0. The molecule has 1 heterocycles. The van der Waals surface area contributed by atoms with Gasteiger partial charge in [-0.1, -0.05) is 25.5 Å². The maximum atomic E-state index is 8.77. The molecule has 20 heavy (non-hydrogen) atoms. The van der Waals surface area contributed by atoms with Crippen LogP contribution >= 0.6 is 0 Å². The van der Waals surface area contributed by atoms with Crippen molar-refractivity contribution in [3.05, 3.63) is 47.3 Å². The zero-order chi connectivity index (χ0) is 14.4. The third kappa shape index (κ3) is 3.23. The number of nitriles is 1. The smallest absolute Gasteiger partial charge is 0.134 e. The molecule has 0 atom stereocenters. The molecule has 0 aliphatic rings. The Morgan fingerprint density at radius 3 is 2.65 bits per heavy atom. The number of nitrogens with one attached hydrogen (secondary N) is 1. The third-order valence-corrected chi connectivity index (χ3v) is 3.02. The first kappa shape index (κ1) is 13.8. The summed E-state index contributed by atoms with van der Waals surface area (Å²) in [7, 11) is 0. The van der Waals surface area contributed by atoms with Gasteiger partial charge in [0, 0.05) is 12.1 Å². The average molecular weight is 267 g/mol. The molecule has 5 nitrogen and oxygen atoms in total. The van der Waals surface area contributed by atoms with Crippen LogP contribution in [0.3, 0.4) is 0 Å². The van der Waals surface area contributed by atoms with Crippen LogP contribution in [0.2, 0.25) is 0 Å². The minimum atomic E-state index is 0.532. The molecule has 102 valence electrons. The van der Waals surface area contributed by atoms with Gasteiger partial charge in [0.15, 0.2) is 0 Å². The van der Waals surface area contributed by atoms with E-state index >= 15 is 0 Å². The molecule has 2 rings (SSSR count). The number of hydrogen-bond acceptors (Lipinski definition) is 5. The number of hydrogen-bond donors (Lipinski definition) is 2. The Kier molecular flexibility index (Phi) is 4.51. The first-order valence-electron chi connectivity index (χ1n) is 6.57. The number of nitrogens with two attached hydrogens (primary N) is 1. The summed E-state index contributed by atoms with van der Waals surface area (Å²) in [6.07, 6.45) is 3.31. The predicted molar refractivity (Wildman–Crippen MR) is 78.9 cm³/mol. The van der Waals surface area contributed by atoms with Crippen LogP contribution in [0.1, 0.15) is 30.0 Å². The largest absolute Gasteiger partial charge is 0.383 e. The lowest BCUT2D eigenvalue weighted by atomic mass is 10.1. The standard InChI is InChI=1S/C15H17N5/c1-2-3-13-14(17)19-10-20-15(13)18-9-12-6-4-11(8-16)5-7-12/h4-7,10H,2-3,9H2,1H3,(H3,17,18,19,20). The predicted octanol–water partition coefficient (Wildman–Crippen LogP) is 2.50. The Hall–Kier alpha value is -2.61. The Labute approximate surface area is 118 Å². The highest BCUT2D eigenvalue weighted by atomic mass is 15.0. The topological polar surface area (TPSA) is 87.6 Å². The van der Waals surface area contributed by atoms with Crippen LogP contribution in [0.15, 0.2) is 30.6 Å². The Balaban J connectivity index is 2.10. The lowest BCUT2D eigenvalue weighted by molar-refractivity contribution is 0.901. The van der Waals surface area contributed by atoms with Crippen molar-refractivity contribution in [1.29, 1.82) is 5.26 Å². The van der Waals surface area contributed by atoms with E-state index in [1.54, 1.807) is 12.1 Å². The first-order chi connectivity index (χ1) is 9.74. The maximum absolute atomic E-state index is 8.77. The van der Waals surface area contributed by atoms with E-state index in [0.29, 0.717) is 17.9 Å². The number of aromatic nitrogens is 2. The number of nitrogens with zero attached hydrogens (tertiary/aromatic N) is 3. The Morgan fingerprint density at radius 2 is 2.00 bits per heavy atom. The van der Waals surface area contributed by atoms with Gasteiger partial charge in [-0.05, 0) is 24.1 Å². The molecule has 0 radical (unpaired) electrons. The van der Waals surface area contributed by atoms with Crippen LogP contribution in [0.5, 0.6) is 0 Å². The molecular formula is C15H17N5. The van der Waals surface area contributed by atoms with Gasteiger partial charge in [0.25, 0.3) is 0 Å². The first-order valence-corrected chi connectivity index (χ1v) is 6.57. The fraction of sp³-hybridized carbons (Fsp3) is 0.267. The second-order valence-corrected chi connectivity index (χ2v) is 4.50. The molecule has 5 heteroatoms. The molecular weight excluding hydrogens is 250 g/mol. The van der Waals surface area contributed by atoms with Crippen molar-refractivity contribution in [3.8, 4) is 6.07 Å². The molecule has 0 fully saturated rings. The molecule has 2 aromatic rings. The number of nitrogen functional groups attached to an aromatic ring is 1. The van der Waals surface area contributed by atoms with E-state index in [1.807, 2.05) is 12.1 Å². The van der Waals surface area contributed by atoms with Crippen molar-refractivity contribution < 1.29 is 0 Å². The molecule has 0 amide bonds. The molecule has 0 unspecified atom stereocenters. The minimum absolute atomic E-state index is 0.532.